The summed E-state index contributed by atoms with van der Waals surface area (Å²) >= 11 is 0. The van der Waals surface area contributed by atoms with E-state index in [2.05, 4.69) is 20.6 Å². The first kappa shape index (κ1) is 36.6. The predicted octanol–water partition coefficient (Wildman–Crippen LogP) is 0.809. The van der Waals surface area contributed by atoms with Gasteiger partial charge in [0.25, 0.3) is 0 Å². The molecule has 1 aromatic rings. The van der Waals surface area contributed by atoms with Gasteiger partial charge < -0.3 is 26.5 Å². The fraction of sp³-hybridized carbons (Fsp3) is 0.690. The van der Waals surface area contributed by atoms with Gasteiger partial charge in [-0.2, -0.15) is 0 Å². The van der Waals surface area contributed by atoms with Gasteiger partial charge in [0, 0.05) is 60.9 Å². The van der Waals surface area contributed by atoms with Crippen LogP contribution in [-0.2, 0) is 35.2 Å². The highest BCUT2D eigenvalue weighted by molar-refractivity contribution is 5.99. The van der Waals surface area contributed by atoms with E-state index in [4.69, 9.17) is 16.6 Å². The average Bonchev–Trinajstić information content (AvgIpc) is 3.39. The number of aliphatic hydroxyl groups is 1. The van der Waals surface area contributed by atoms with Gasteiger partial charge in [0.1, 0.15) is 24.2 Å². The minimum atomic E-state index is -1.33. The molecule has 1 radical (unpaired) electrons. The monoisotopic (exact) mass is 591 g/mol. The minimum Gasteiger partial charge on any atom is -0.387 e. The predicted molar refractivity (Wildman–Crippen MR) is 154 cm³/mol. The summed E-state index contributed by atoms with van der Waals surface area (Å²) in [6.45, 7) is 9.21. The fourth-order valence-electron chi connectivity index (χ4n) is 4.28. The van der Waals surface area contributed by atoms with Crippen molar-refractivity contribution in [3.63, 3.8) is 0 Å². The van der Waals surface area contributed by atoms with Crippen LogP contribution < -0.4 is 22.1 Å². The lowest BCUT2D eigenvalue weighted by molar-refractivity contribution is -0.140. The first-order chi connectivity index (χ1) is 19.3. The lowest BCUT2D eigenvalue weighted by atomic mass is 9.71. The second-order valence-corrected chi connectivity index (χ2v) is 12.6. The molecule has 1 heterocycles. The van der Waals surface area contributed by atoms with Gasteiger partial charge in [-0.3, -0.25) is 28.8 Å². The summed E-state index contributed by atoms with van der Waals surface area (Å²) in [5.41, 5.74) is 10.7. The summed E-state index contributed by atoms with van der Waals surface area (Å²) in [7, 11) is 0. The number of carbonyl (C=O) groups excluding carboxylic acids is 6. The number of imidazole rings is 1. The van der Waals surface area contributed by atoms with Crippen LogP contribution in [0.2, 0.25) is 0 Å². The molecule has 0 aliphatic heterocycles. The zero-order chi connectivity index (χ0) is 32.3. The fourth-order valence-corrected chi connectivity index (χ4v) is 4.28. The van der Waals surface area contributed by atoms with E-state index in [1.807, 2.05) is 0 Å². The molecule has 0 spiro atoms. The van der Waals surface area contributed by atoms with Crippen LogP contribution in [0.3, 0.4) is 0 Å². The third-order valence-electron chi connectivity index (χ3n) is 7.42. The summed E-state index contributed by atoms with van der Waals surface area (Å²) in [6.07, 6.45) is 3.98. The molecule has 1 rings (SSSR count). The lowest BCUT2D eigenvalue weighted by Crippen LogP contribution is -2.54. The standard InChI is InChI=1S/C29H47N6O7/c1-27(2,21(37)11-18(25(31)41)9-7-8-10-33-24(40)16-36)13-22(38)28(3,4)14-23(39)29(5,6)35-26(42)20(30)12-19-15-32-17-34-19/h15,17-18,20,30,36H,7-14,16H2,1-6H3,(H2,31,41)(H,32,34)(H,33,40)(H,35,42)/t18-,20+/m1/s1. The molecule has 0 unspecified atom stereocenters. The topological polar surface area (TPSA) is 225 Å². The molecule has 0 saturated heterocycles. The van der Waals surface area contributed by atoms with Crippen molar-refractivity contribution in [2.75, 3.05) is 13.2 Å². The zero-order valence-electron chi connectivity index (χ0n) is 25.6. The number of nitrogens with two attached hydrogens (primary N) is 1. The molecule has 0 fully saturated rings. The normalized spacial score (nSPS) is 13.6. The first-order valence-corrected chi connectivity index (χ1v) is 14.1. The highest BCUT2D eigenvalue weighted by atomic mass is 16.3. The van der Waals surface area contributed by atoms with Crippen LogP contribution in [0.4, 0.5) is 0 Å². The van der Waals surface area contributed by atoms with Crippen LogP contribution in [0, 0.1) is 16.7 Å². The van der Waals surface area contributed by atoms with E-state index < -0.39 is 58.4 Å². The quantitative estimate of drug-likeness (QED) is 0.136. The van der Waals surface area contributed by atoms with Crippen LogP contribution in [0.1, 0.15) is 85.8 Å². The van der Waals surface area contributed by atoms with Gasteiger partial charge in [0.2, 0.25) is 17.7 Å². The first-order valence-electron chi connectivity index (χ1n) is 14.1. The molecule has 0 aromatic carbocycles. The number of primary amides is 1. The van der Waals surface area contributed by atoms with Crippen molar-refractivity contribution in [2.45, 2.75) is 98.1 Å². The Balaban J connectivity index is 2.73. The number of aliphatic hydroxyl groups excluding tert-OH is 1. The molecule has 13 heteroatoms. The summed E-state index contributed by atoms with van der Waals surface area (Å²) in [4.78, 5) is 82.0. The second kappa shape index (κ2) is 15.7. The summed E-state index contributed by atoms with van der Waals surface area (Å²) in [5.74, 6) is -3.49. The number of aromatic nitrogens is 2. The summed E-state index contributed by atoms with van der Waals surface area (Å²) in [6, 6.07) is -1.16. The number of amides is 3. The molecule has 7 N–H and O–H groups in total. The maximum Gasteiger partial charge on any atom is 0.245 e. The molecule has 0 aliphatic rings. The minimum absolute atomic E-state index is 0.0999. The van der Waals surface area contributed by atoms with Gasteiger partial charge in [-0.05, 0) is 26.7 Å². The van der Waals surface area contributed by atoms with Crippen LogP contribution >= 0.6 is 0 Å². The van der Waals surface area contributed by atoms with Gasteiger partial charge in [-0.15, -0.1) is 0 Å². The number of hydrogen-bond donors (Lipinski definition) is 5. The highest BCUT2D eigenvalue weighted by Crippen LogP contribution is 2.34. The number of H-pyrrole nitrogens is 1. The summed E-state index contributed by atoms with van der Waals surface area (Å²) < 4.78 is 0. The van der Waals surface area contributed by atoms with Crippen molar-refractivity contribution in [2.24, 2.45) is 22.5 Å². The number of nitrogens with zero attached hydrogens (tertiary/aromatic N) is 1. The zero-order valence-corrected chi connectivity index (χ0v) is 25.6. The number of ketones is 3. The molecule has 3 amide bonds. The van der Waals surface area contributed by atoms with E-state index in [1.165, 1.54) is 26.4 Å². The van der Waals surface area contributed by atoms with E-state index in [9.17, 15) is 28.8 Å². The van der Waals surface area contributed by atoms with Crippen molar-refractivity contribution in [3.05, 3.63) is 18.2 Å². The van der Waals surface area contributed by atoms with E-state index in [0.29, 0.717) is 31.5 Å². The maximum absolute atomic E-state index is 13.3. The highest BCUT2D eigenvalue weighted by Gasteiger charge is 2.41. The van der Waals surface area contributed by atoms with Crippen molar-refractivity contribution in [3.8, 4) is 0 Å². The summed E-state index contributed by atoms with van der Waals surface area (Å²) in [5, 5.41) is 13.9. The molecule has 235 valence electrons. The van der Waals surface area contributed by atoms with Crippen LogP contribution in [-0.4, -0.2) is 74.9 Å². The van der Waals surface area contributed by atoms with Gasteiger partial charge in [-0.1, -0.05) is 34.1 Å². The smallest absolute Gasteiger partial charge is 0.245 e. The Morgan fingerprint density at radius 1 is 0.976 bits per heavy atom. The number of carbonyl (C=O) groups is 6. The molecule has 42 heavy (non-hydrogen) atoms. The Hall–Kier alpha value is -3.45. The molecular formula is C29H47N6O7. The van der Waals surface area contributed by atoms with E-state index >= 15 is 0 Å². The Morgan fingerprint density at radius 3 is 2.12 bits per heavy atom. The third kappa shape index (κ3) is 11.8. The van der Waals surface area contributed by atoms with Gasteiger partial charge in [-0.25, -0.2) is 10.7 Å². The maximum atomic E-state index is 13.3. The van der Waals surface area contributed by atoms with Gasteiger partial charge >= 0.3 is 0 Å². The molecular weight excluding hydrogens is 544 g/mol. The average molecular weight is 592 g/mol. The van der Waals surface area contributed by atoms with Crippen molar-refractivity contribution in [1.29, 1.82) is 0 Å². The molecule has 13 nitrogen and oxygen atoms in total. The number of Topliss-reactive ketones (excluding diaryl/α,β-unsaturated/α-hetero) is 3. The van der Waals surface area contributed by atoms with Gasteiger partial charge in [0.05, 0.1) is 11.9 Å². The van der Waals surface area contributed by atoms with Crippen LogP contribution in [0.25, 0.3) is 0 Å². The largest absolute Gasteiger partial charge is 0.387 e. The lowest BCUT2D eigenvalue weighted by Gasteiger charge is -2.33. The van der Waals surface area contributed by atoms with Crippen molar-refractivity contribution >= 4 is 35.1 Å². The SMILES string of the molecule is CC(C)(CC(=O)C(C)(C)CC(=O)C(C)(C)NC(=O)[C@@H]([NH])Cc1cnc[nH]1)C(=O)C[C@@H](CCCCNC(=O)CO)C(N)=O. The Labute approximate surface area is 247 Å². The molecule has 0 bridgehead atoms. The Bertz CT molecular complexity index is 1110. The molecule has 1 aromatic heterocycles. The third-order valence-corrected chi connectivity index (χ3v) is 7.42. The number of aromatic amines is 1. The molecule has 0 saturated carbocycles. The molecule has 0 aliphatic carbocycles. The van der Waals surface area contributed by atoms with E-state index in [-0.39, 0.29) is 37.2 Å². The van der Waals surface area contributed by atoms with E-state index in [0.717, 1.165) is 0 Å². The second-order valence-electron chi connectivity index (χ2n) is 12.6. The number of nitrogens with one attached hydrogen (secondary N) is 4. The Kier molecular flexibility index (Phi) is 13.7. The van der Waals surface area contributed by atoms with Crippen molar-refractivity contribution in [1.82, 2.24) is 26.3 Å². The number of hydrogen-bond acceptors (Lipinski definition) is 8. The Morgan fingerprint density at radius 2 is 1.57 bits per heavy atom. The van der Waals surface area contributed by atoms with Crippen LogP contribution in [0.15, 0.2) is 12.5 Å². The molecule has 2 atom stereocenters. The van der Waals surface area contributed by atoms with Gasteiger partial charge in [0.15, 0.2) is 5.78 Å². The number of unbranched alkanes of at least 4 members (excludes halogenated alkanes) is 1. The van der Waals surface area contributed by atoms with Crippen molar-refractivity contribution < 1.29 is 33.9 Å². The number of rotatable bonds is 20. The van der Waals surface area contributed by atoms with Crippen LogP contribution in [0.5, 0.6) is 0 Å². The van der Waals surface area contributed by atoms with E-state index in [1.54, 1.807) is 27.7 Å².